The van der Waals surface area contributed by atoms with E-state index < -0.39 is 80.7 Å². The van der Waals surface area contributed by atoms with Crippen molar-refractivity contribution in [3.63, 3.8) is 0 Å². The summed E-state index contributed by atoms with van der Waals surface area (Å²) in [6.07, 6.45) is 0. The fourth-order valence-corrected chi connectivity index (χ4v) is 49.5. The molecule has 0 heterocycles. The molecule has 0 spiro atoms. The van der Waals surface area contributed by atoms with Crippen LogP contribution in [0, 0.1) is 48.5 Å². The van der Waals surface area contributed by atoms with E-state index in [1.54, 1.807) is 48.6 Å². The molecule has 0 unspecified atom stereocenters. The Balaban J connectivity index is 0.0000122. The van der Waals surface area contributed by atoms with E-state index in [9.17, 15) is 0 Å². The molecule has 0 amide bonds. The quantitative estimate of drug-likeness (QED) is 0.0712. The van der Waals surface area contributed by atoms with Crippen molar-refractivity contribution in [2.45, 2.75) is 225 Å². The van der Waals surface area contributed by atoms with Gasteiger partial charge in [0.1, 0.15) is 8.07 Å². The van der Waals surface area contributed by atoms with Crippen molar-refractivity contribution in [1.29, 1.82) is 0 Å². The Morgan fingerprint density at radius 3 is 0.559 bits per heavy atom. The summed E-state index contributed by atoms with van der Waals surface area (Å²) in [7, 11) is -21.2. The smallest absolute Gasteiger partial charge is 0.122 e. The van der Waals surface area contributed by atoms with Crippen LogP contribution in [-0.4, -0.2) is 80.7 Å². The summed E-state index contributed by atoms with van der Waals surface area (Å²) < 4.78 is 0. The molecule has 0 aliphatic carbocycles. The second-order valence-electron chi connectivity index (χ2n) is 30.9. The van der Waals surface area contributed by atoms with Crippen LogP contribution in [0.15, 0.2) is 18.2 Å². The van der Waals surface area contributed by atoms with E-state index >= 15 is 0 Å². The largest absolute Gasteiger partial charge is 0.196 e. The first-order chi connectivity index (χ1) is 29.4. The molecule has 4 rings (SSSR count). The number of benzene rings is 3. The van der Waals surface area contributed by atoms with E-state index in [0.29, 0.717) is 0 Å². The van der Waals surface area contributed by atoms with Crippen molar-refractivity contribution in [3.05, 3.63) is 57.1 Å². The molecule has 0 aliphatic heterocycles. The molecule has 0 saturated heterocycles. The maximum absolute atomic E-state index is 3.36. The Morgan fingerprint density at radius 2 is 0.412 bits per heavy atom. The van der Waals surface area contributed by atoms with Crippen molar-refractivity contribution in [2.75, 3.05) is 0 Å². The van der Waals surface area contributed by atoms with Gasteiger partial charge < -0.3 is 0 Å². The number of hydrogen-bond donors (Lipinski definition) is 0. The van der Waals surface area contributed by atoms with Crippen LogP contribution in [0.25, 0.3) is 0 Å². The van der Waals surface area contributed by atoms with Crippen LogP contribution in [-0.2, 0) is 21.7 Å². The molecule has 11 heteroatoms. The molecule has 0 atom stereocenters. The molecular weight excluding hydrogens is 1010 g/mol. The zero-order chi connectivity index (χ0) is 52.7. The van der Waals surface area contributed by atoms with Crippen molar-refractivity contribution in [2.24, 2.45) is 0 Å². The zero-order valence-corrected chi connectivity index (χ0v) is 62.8. The Hall–Kier alpha value is -0.107. The van der Waals surface area contributed by atoms with Gasteiger partial charge in [0.05, 0.1) is 72.7 Å². The van der Waals surface area contributed by atoms with Gasteiger partial charge in [-0.25, -0.2) is 0 Å². The van der Waals surface area contributed by atoms with E-state index in [0.717, 1.165) is 0 Å². The van der Waals surface area contributed by atoms with E-state index in [-0.39, 0.29) is 21.7 Å². The summed E-state index contributed by atoms with van der Waals surface area (Å²) in [5.41, 5.74) is 11.3. The zero-order valence-electron chi connectivity index (χ0n) is 51.2. The topological polar surface area (TPSA) is 0 Å². The fourth-order valence-electron chi connectivity index (χ4n) is 13.3. The molecule has 0 fully saturated rings. The van der Waals surface area contributed by atoms with Gasteiger partial charge in [0.25, 0.3) is 0 Å². The first-order valence-electron chi connectivity index (χ1n) is 26.2. The van der Waals surface area contributed by atoms with Crippen molar-refractivity contribution in [3.8, 4) is 0 Å². The summed E-state index contributed by atoms with van der Waals surface area (Å²) >= 11 is 0. The molecule has 0 aromatic heterocycles. The summed E-state index contributed by atoms with van der Waals surface area (Å²) in [5.74, 6) is 0. The van der Waals surface area contributed by atoms with Crippen LogP contribution in [0.2, 0.25) is 177 Å². The van der Waals surface area contributed by atoms with Crippen molar-refractivity contribution in [1.82, 2.24) is 0 Å². The van der Waals surface area contributed by atoms with Gasteiger partial charge in [0.15, 0.2) is 0 Å². The van der Waals surface area contributed by atoms with Gasteiger partial charge >= 0.3 is 0 Å². The van der Waals surface area contributed by atoms with Crippen LogP contribution < -0.4 is 67.4 Å². The summed E-state index contributed by atoms with van der Waals surface area (Å²) in [5, 5.41) is 23.7. The fraction of sp³-hybridized carbons (Fsp3) is 0.596. The molecule has 0 aliphatic rings. The van der Waals surface area contributed by atoms with E-state index in [1.165, 1.54) is 11.1 Å². The third-order valence-corrected chi connectivity index (χ3v) is 41.2. The first-order valence-corrected chi connectivity index (χ1v) is 59.7. The van der Waals surface area contributed by atoms with Crippen LogP contribution in [0.3, 0.4) is 0 Å². The summed E-state index contributed by atoms with van der Waals surface area (Å²) in [6, 6.07) is 9.15. The van der Waals surface area contributed by atoms with Gasteiger partial charge in [-0.15, -0.1) is 5.19 Å². The van der Waals surface area contributed by atoms with Gasteiger partial charge in [-0.3, -0.25) is 0 Å². The second kappa shape index (κ2) is 19.2. The minimum atomic E-state index is -3.36. The second-order valence-corrected chi connectivity index (χ2v) is 79.6. The summed E-state index contributed by atoms with van der Waals surface area (Å²) in [4.78, 5) is 0. The van der Waals surface area contributed by atoms with Gasteiger partial charge in [-0.2, -0.15) is 22.3 Å². The van der Waals surface area contributed by atoms with Gasteiger partial charge in [-0.1, -0.05) is 302 Å². The Labute approximate surface area is 448 Å². The SMILES string of the molecule is Cc1c([Si](C)(C)C)cc([Si](c2cc([Si](C)(C)C)c(C)c([Si](C)(C)C)c2[Si](C)(C)C)(c2cc([Si](C)(C)C)c(C)c([Si](C)(C)C)c2[Si](C)(C)C)[c-]2c(C)c(C)c(C)c2C)c([Si](C)(C)C)c1[Si](C)(C)C.[Ti]. The van der Waals surface area contributed by atoms with Crippen LogP contribution in [0.5, 0.6) is 0 Å². The predicted molar refractivity (Wildman–Crippen MR) is 346 cm³/mol. The average molecular weight is 1120 g/mol. The van der Waals surface area contributed by atoms with Crippen LogP contribution >= 0.6 is 0 Å². The van der Waals surface area contributed by atoms with Crippen LogP contribution in [0.4, 0.5) is 0 Å². The van der Waals surface area contributed by atoms with E-state index in [2.05, 4.69) is 243 Å². The minimum Gasteiger partial charge on any atom is -0.196 e. The van der Waals surface area contributed by atoms with Crippen LogP contribution in [0.1, 0.15) is 38.9 Å². The van der Waals surface area contributed by atoms with Crippen molar-refractivity contribution < 1.29 is 21.7 Å². The molecular formula is C57H105Si10Ti-. The van der Waals surface area contributed by atoms with Crippen molar-refractivity contribution >= 4 is 148 Å². The third kappa shape index (κ3) is 11.1. The standard InChI is InChI=1S/C57H105Si10.Ti/c1-38-39(2)41(4)51(40(38)3)67(48-35-45(58(8,9)10)42(5)52(61(17,18)19)55(48)64(26,27)28,49-36-46(59(11,12)13)43(6)53(62(20,21)22)56(49)65(29,30)31)50-37-47(60(14,15)16)44(7)54(63(23,24)25)57(50)66(32,33)34;/h35-37H,1-34H3;/q-1;. The maximum Gasteiger partial charge on any atom is 0.122 e. The molecule has 4 aromatic carbocycles. The molecule has 0 bridgehead atoms. The molecule has 68 heavy (non-hydrogen) atoms. The maximum atomic E-state index is 3.05. The van der Waals surface area contributed by atoms with E-state index in [4.69, 9.17) is 0 Å². The third-order valence-electron chi connectivity index (χ3n) is 15.7. The van der Waals surface area contributed by atoms with Gasteiger partial charge in [0.2, 0.25) is 0 Å². The molecule has 0 saturated carbocycles. The Bertz CT molecular complexity index is 2320. The molecule has 0 N–H and O–H groups in total. The monoisotopic (exact) mass is 1120 g/mol. The Kier molecular flexibility index (Phi) is 17.6. The Morgan fingerprint density at radius 1 is 0.235 bits per heavy atom. The normalized spacial score (nSPS) is 14.2. The summed E-state index contributed by atoms with van der Waals surface area (Å²) in [6.45, 7) is 91.4. The predicted octanol–water partition coefficient (Wildman–Crippen LogP) is 9.85. The molecule has 4 aromatic rings. The number of hydrogen-bond acceptors (Lipinski definition) is 0. The molecule has 0 nitrogen and oxygen atoms in total. The molecule has 378 valence electrons. The number of rotatable bonds is 13. The molecule has 0 radical (unpaired) electrons. The van der Waals surface area contributed by atoms with Gasteiger partial charge in [-0.05, 0) is 20.8 Å². The first kappa shape index (κ1) is 62.2. The van der Waals surface area contributed by atoms with E-state index in [1.807, 2.05) is 46.7 Å². The average Bonchev–Trinajstić information content (AvgIpc) is 3.26. The minimum absolute atomic E-state index is 0. The van der Waals surface area contributed by atoms with Gasteiger partial charge in [0, 0.05) is 21.7 Å².